The van der Waals surface area contributed by atoms with Crippen LogP contribution >= 0.6 is 0 Å². The minimum atomic E-state index is -1.11. The number of hydrogen-bond acceptors (Lipinski definition) is 4. The third-order valence-electron chi connectivity index (χ3n) is 6.66. The van der Waals surface area contributed by atoms with E-state index in [-0.39, 0.29) is 12.5 Å². The van der Waals surface area contributed by atoms with Crippen LogP contribution in [0.25, 0.3) is 0 Å². The fourth-order valence-electron chi connectivity index (χ4n) is 4.44. The lowest BCUT2D eigenvalue weighted by molar-refractivity contribution is -0.134. The Kier molecular flexibility index (Phi) is 5.44. The minimum Gasteiger partial charge on any atom is -0.489 e. The summed E-state index contributed by atoms with van der Waals surface area (Å²) in [4.78, 5) is 38.6. The lowest BCUT2D eigenvalue weighted by Crippen LogP contribution is -2.54. The van der Waals surface area contributed by atoms with Gasteiger partial charge in [-0.1, -0.05) is 35.9 Å². The van der Waals surface area contributed by atoms with Crippen molar-refractivity contribution >= 4 is 17.8 Å². The molecule has 2 atom stereocenters. The molecular formula is C25H29N3O4. The lowest BCUT2D eigenvalue weighted by atomic mass is 9.81. The normalized spacial score (nSPS) is 25.1. The van der Waals surface area contributed by atoms with Gasteiger partial charge in [-0.2, -0.15) is 0 Å². The van der Waals surface area contributed by atoms with Crippen LogP contribution < -0.4 is 15.4 Å². The van der Waals surface area contributed by atoms with E-state index in [9.17, 15) is 14.4 Å². The fraction of sp³-hybridized carbons (Fsp3) is 0.400. The van der Waals surface area contributed by atoms with Gasteiger partial charge in [0.05, 0.1) is 12.0 Å². The van der Waals surface area contributed by atoms with Gasteiger partial charge in [0.2, 0.25) is 5.91 Å². The molecule has 2 saturated heterocycles. The maximum Gasteiger partial charge on any atom is 0.322 e. The predicted octanol–water partition coefficient (Wildman–Crippen LogP) is 2.97. The number of nitrogens with one attached hydrogen (secondary N) is 2. The zero-order chi connectivity index (χ0) is 23.1. The molecule has 7 nitrogen and oxygen atoms in total. The van der Waals surface area contributed by atoms with Gasteiger partial charge in [0.1, 0.15) is 17.9 Å². The highest BCUT2D eigenvalue weighted by Gasteiger charge is 2.49. The highest BCUT2D eigenvalue weighted by molar-refractivity contribution is 6.07. The number of nitrogens with zero attached hydrogens (tertiary/aromatic N) is 1. The average molecular weight is 436 g/mol. The second kappa shape index (κ2) is 7.97. The number of rotatable bonds is 6. The number of hydrogen-bond donors (Lipinski definition) is 2. The summed E-state index contributed by atoms with van der Waals surface area (Å²) in [6.07, 6.45) is 0.639. The summed E-state index contributed by atoms with van der Waals surface area (Å²) in [5, 5.41) is 4.87. The molecule has 2 aliphatic heterocycles. The van der Waals surface area contributed by atoms with Gasteiger partial charge < -0.3 is 15.0 Å². The Balaban J connectivity index is 1.43. The van der Waals surface area contributed by atoms with Crippen molar-refractivity contribution in [3.8, 4) is 5.75 Å². The first-order chi connectivity index (χ1) is 15.1. The number of likely N-dealkylation sites (tertiary alicyclic amines) is 1. The summed E-state index contributed by atoms with van der Waals surface area (Å²) in [6.45, 7) is 8.86. The lowest BCUT2D eigenvalue weighted by Gasteiger charge is -2.29. The van der Waals surface area contributed by atoms with E-state index in [1.807, 2.05) is 31.2 Å². The van der Waals surface area contributed by atoms with Gasteiger partial charge in [-0.3, -0.25) is 14.9 Å². The second-order valence-corrected chi connectivity index (χ2v) is 9.29. The van der Waals surface area contributed by atoms with Crippen molar-refractivity contribution in [3.05, 3.63) is 64.7 Å². The van der Waals surface area contributed by atoms with E-state index in [1.165, 1.54) is 11.1 Å². The topological polar surface area (TPSA) is 87.7 Å². The number of ether oxygens (including phenoxy) is 1. The molecule has 2 fully saturated rings. The number of urea groups is 1. The number of imide groups is 1. The molecular weight excluding hydrogens is 406 g/mol. The van der Waals surface area contributed by atoms with E-state index >= 15 is 0 Å². The first kappa shape index (κ1) is 21.9. The van der Waals surface area contributed by atoms with E-state index in [2.05, 4.69) is 42.7 Å². The van der Waals surface area contributed by atoms with Crippen molar-refractivity contribution in [2.45, 2.75) is 51.7 Å². The van der Waals surface area contributed by atoms with Crippen LogP contribution in [0, 0.1) is 13.8 Å². The number of amides is 4. The van der Waals surface area contributed by atoms with Gasteiger partial charge >= 0.3 is 6.03 Å². The van der Waals surface area contributed by atoms with Gasteiger partial charge in [0.25, 0.3) is 5.91 Å². The van der Waals surface area contributed by atoms with Crippen molar-refractivity contribution in [2.75, 3.05) is 13.1 Å². The van der Waals surface area contributed by atoms with Crippen LogP contribution in [0.15, 0.2) is 42.5 Å². The first-order valence-corrected chi connectivity index (χ1v) is 10.8. The van der Waals surface area contributed by atoms with Crippen LogP contribution in [-0.4, -0.2) is 41.4 Å². The summed E-state index contributed by atoms with van der Waals surface area (Å²) in [6, 6.07) is 13.5. The maximum absolute atomic E-state index is 13.3. The van der Waals surface area contributed by atoms with Gasteiger partial charge in [0, 0.05) is 6.54 Å². The molecule has 168 valence electrons. The molecule has 2 N–H and O–H groups in total. The molecule has 2 aliphatic rings. The molecule has 2 heterocycles. The number of benzene rings is 2. The van der Waals surface area contributed by atoms with Crippen molar-refractivity contribution in [1.29, 1.82) is 0 Å². The third kappa shape index (κ3) is 3.95. The summed E-state index contributed by atoms with van der Waals surface area (Å²) in [7, 11) is 0. The Morgan fingerprint density at radius 3 is 2.41 bits per heavy atom. The highest BCUT2D eigenvalue weighted by atomic mass is 16.5. The zero-order valence-electron chi connectivity index (χ0n) is 19.0. The Hall–Kier alpha value is -3.35. The summed E-state index contributed by atoms with van der Waals surface area (Å²) in [5.41, 5.74) is 2.67. The molecule has 7 heteroatoms. The molecule has 0 spiro atoms. The van der Waals surface area contributed by atoms with Gasteiger partial charge in [0.15, 0.2) is 0 Å². The molecule has 0 bridgehead atoms. The molecule has 32 heavy (non-hydrogen) atoms. The number of aryl methyl sites for hydroxylation is 2. The number of carbonyl (C=O) groups is 3. The zero-order valence-corrected chi connectivity index (χ0v) is 19.0. The van der Waals surface area contributed by atoms with Gasteiger partial charge in [-0.15, -0.1) is 0 Å². The first-order valence-electron chi connectivity index (χ1n) is 10.8. The smallest absolute Gasteiger partial charge is 0.322 e. The SMILES string of the molecule is Cc1ccc(C)c(COc2ccc(C3(C)CCN(CC4(C)NC(=O)NC4=O)C3=O)cc2)c1. The van der Waals surface area contributed by atoms with E-state index in [0.29, 0.717) is 19.6 Å². The summed E-state index contributed by atoms with van der Waals surface area (Å²) in [5.74, 6) is 0.296. The van der Waals surface area contributed by atoms with Crippen LogP contribution in [0.4, 0.5) is 4.79 Å². The maximum atomic E-state index is 13.3. The number of carbonyl (C=O) groups excluding carboxylic acids is 3. The molecule has 4 amide bonds. The summed E-state index contributed by atoms with van der Waals surface area (Å²) >= 11 is 0. The highest BCUT2D eigenvalue weighted by Crippen LogP contribution is 2.37. The second-order valence-electron chi connectivity index (χ2n) is 9.29. The minimum absolute atomic E-state index is 0.0447. The van der Waals surface area contributed by atoms with E-state index in [0.717, 1.165) is 16.9 Å². The molecule has 2 unspecified atom stereocenters. The molecule has 0 saturated carbocycles. The molecule has 2 aromatic carbocycles. The molecule has 0 aromatic heterocycles. The third-order valence-corrected chi connectivity index (χ3v) is 6.66. The Bertz CT molecular complexity index is 1080. The molecule has 4 rings (SSSR count). The van der Waals surface area contributed by atoms with Crippen LogP contribution in [0.3, 0.4) is 0 Å². The molecule has 0 radical (unpaired) electrons. The largest absolute Gasteiger partial charge is 0.489 e. The quantitative estimate of drug-likeness (QED) is 0.683. The standard InChI is InChI=1S/C25H29N3O4/c1-16-5-6-17(2)18(13-16)14-32-20-9-7-19(8-10-20)24(3)11-12-28(22(24)30)15-25(4)21(29)26-23(31)27-25/h5-10,13H,11-12,14-15H2,1-4H3,(H2,26,27,29,31). The Labute approximate surface area is 188 Å². The van der Waals surface area contributed by atoms with Gasteiger partial charge in [-0.25, -0.2) is 4.79 Å². The van der Waals surface area contributed by atoms with Crippen LogP contribution in [0.5, 0.6) is 5.75 Å². The van der Waals surface area contributed by atoms with E-state index in [4.69, 9.17) is 4.74 Å². The van der Waals surface area contributed by atoms with Gasteiger partial charge in [-0.05, 0) is 62.9 Å². The van der Waals surface area contributed by atoms with Crippen LogP contribution in [0.1, 0.15) is 42.5 Å². The molecule has 2 aromatic rings. The van der Waals surface area contributed by atoms with Crippen molar-refractivity contribution < 1.29 is 19.1 Å². The summed E-state index contributed by atoms with van der Waals surface area (Å²) < 4.78 is 5.97. The Morgan fingerprint density at radius 2 is 1.75 bits per heavy atom. The monoisotopic (exact) mass is 435 g/mol. The van der Waals surface area contributed by atoms with Crippen molar-refractivity contribution in [1.82, 2.24) is 15.5 Å². The van der Waals surface area contributed by atoms with Crippen LogP contribution in [0.2, 0.25) is 0 Å². The molecule has 0 aliphatic carbocycles. The van der Waals surface area contributed by atoms with Crippen molar-refractivity contribution in [3.63, 3.8) is 0 Å². The fourth-order valence-corrected chi connectivity index (χ4v) is 4.44. The Morgan fingerprint density at radius 1 is 1.03 bits per heavy atom. The predicted molar refractivity (Wildman–Crippen MR) is 120 cm³/mol. The van der Waals surface area contributed by atoms with Crippen molar-refractivity contribution in [2.24, 2.45) is 0 Å². The van der Waals surface area contributed by atoms with E-state index < -0.39 is 22.9 Å². The van der Waals surface area contributed by atoms with Crippen LogP contribution in [-0.2, 0) is 21.6 Å². The average Bonchev–Trinajstić information content (AvgIpc) is 3.18. The van der Waals surface area contributed by atoms with E-state index in [1.54, 1.807) is 11.8 Å².